The molecular weight excluding hydrogens is 445 g/mol. The highest BCUT2D eigenvalue weighted by atomic mass is 32.2. The fourth-order valence-electron chi connectivity index (χ4n) is 3.60. The quantitative estimate of drug-likeness (QED) is 0.508. The Kier molecular flexibility index (Phi) is 9.84. The monoisotopic (exact) mass is 477 g/mol. The van der Waals surface area contributed by atoms with Crippen LogP contribution >= 0.6 is 0 Å². The van der Waals surface area contributed by atoms with Crippen molar-refractivity contribution in [1.29, 1.82) is 0 Å². The molecule has 0 bridgehead atoms. The van der Waals surface area contributed by atoms with Crippen LogP contribution in [0.4, 0.5) is 10.1 Å². The minimum absolute atomic E-state index is 0.0628. The fourth-order valence-corrected chi connectivity index (χ4v) is 4.57. The number of nitrogens with zero attached hydrogens (tertiary/aromatic N) is 2. The molecule has 0 fully saturated rings. The fraction of sp³-hybridized carbons (Fsp3) is 0.417. The maximum absolute atomic E-state index is 13.3. The van der Waals surface area contributed by atoms with Crippen LogP contribution in [-0.2, 0) is 26.2 Å². The summed E-state index contributed by atoms with van der Waals surface area (Å²) in [5.74, 6) is -0.909. The van der Waals surface area contributed by atoms with Crippen molar-refractivity contribution in [2.75, 3.05) is 23.7 Å². The van der Waals surface area contributed by atoms with Crippen LogP contribution in [0.15, 0.2) is 54.6 Å². The maximum Gasteiger partial charge on any atom is 0.242 e. The topological polar surface area (TPSA) is 86.8 Å². The van der Waals surface area contributed by atoms with Crippen LogP contribution < -0.4 is 9.62 Å². The predicted octanol–water partition coefficient (Wildman–Crippen LogP) is 3.32. The molecule has 0 aromatic heterocycles. The molecular formula is C24H32FN3O4S. The molecule has 9 heteroatoms. The van der Waals surface area contributed by atoms with Crippen LogP contribution in [0, 0.1) is 5.82 Å². The molecule has 1 unspecified atom stereocenters. The SMILES string of the molecule is CCNC(=O)C(CC)N(Cc1ccccc1)C(=O)CCCN(c1ccc(F)cc1)S(C)(=O)=O. The molecule has 0 aliphatic heterocycles. The molecule has 2 aromatic rings. The summed E-state index contributed by atoms with van der Waals surface area (Å²) in [6.07, 6.45) is 1.84. The lowest BCUT2D eigenvalue weighted by Gasteiger charge is -2.31. The number of hydrogen-bond acceptors (Lipinski definition) is 4. The van der Waals surface area contributed by atoms with E-state index in [0.717, 1.165) is 16.1 Å². The van der Waals surface area contributed by atoms with Gasteiger partial charge in [-0.05, 0) is 49.6 Å². The molecule has 1 atom stereocenters. The lowest BCUT2D eigenvalue weighted by molar-refractivity contribution is -0.141. The van der Waals surface area contributed by atoms with E-state index in [9.17, 15) is 22.4 Å². The highest BCUT2D eigenvalue weighted by molar-refractivity contribution is 7.92. The average molecular weight is 478 g/mol. The van der Waals surface area contributed by atoms with Crippen molar-refractivity contribution >= 4 is 27.5 Å². The van der Waals surface area contributed by atoms with Crippen molar-refractivity contribution < 1.29 is 22.4 Å². The summed E-state index contributed by atoms with van der Waals surface area (Å²) in [5, 5.41) is 2.79. The van der Waals surface area contributed by atoms with Crippen molar-refractivity contribution in [3.8, 4) is 0 Å². The number of nitrogens with one attached hydrogen (secondary N) is 1. The Morgan fingerprint density at radius 2 is 1.67 bits per heavy atom. The second-order valence-corrected chi connectivity index (χ2v) is 9.65. The summed E-state index contributed by atoms with van der Waals surface area (Å²) in [5.41, 5.74) is 1.24. The van der Waals surface area contributed by atoms with E-state index in [4.69, 9.17) is 0 Å². The Morgan fingerprint density at radius 1 is 1.03 bits per heavy atom. The van der Waals surface area contributed by atoms with E-state index < -0.39 is 21.9 Å². The van der Waals surface area contributed by atoms with Crippen molar-refractivity contribution in [1.82, 2.24) is 10.2 Å². The number of rotatable bonds is 12. The van der Waals surface area contributed by atoms with Gasteiger partial charge in [-0.15, -0.1) is 0 Å². The Balaban J connectivity index is 2.16. The first-order valence-electron chi connectivity index (χ1n) is 11.0. The minimum atomic E-state index is -3.62. The highest BCUT2D eigenvalue weighted by Crippen LogP contribution is 2.20. The van der Waals surface area contributed by atoms with Crippen molar-refractivity contribution in [2.45, 2.75) is 45.7 Å². The van der Waals surface area contributed by atoms with Crippen molar-refractivity contribution in [2.24, 2.45) is 0 Å². The zero-order chi connectivity index (χ0) is 24.4. The van der Waals surface area contributed by atoms with E-state index in [1.54, 1.807) is 4.90 Å². The summed E-state index contributed by atoms with van der Waals surface area (Å²) in [6, 6.07) is 14.0. The van der Waals surface area contributed by atoms with Gasteiger partial charge in [0.2, 0.25) is 21.8 Å². The third kappa shape index (κ3) is 7.85. The third-order valence-corrected chi connectivity index (χ3v) is 6.39. The van der Waals surface area contributed by atoms with Crippen LogP contribution in [0.5, 0.6) is 0 Å². The third-order valence-electron chi connectivity index (χ3n) is 5.20. The van der Waals surface area contributed by atoms with Crippen LogP contribution in [0.25, 0.3) is 0 Å². The lowest BCUT2D eigenvalue weighted by atomic mass is 10.1. The molecule has 7 nitrogen and oxygen atoms in total. The van der Waals surface area contributed by atoms with Gasteiger partial charge in [-0.3, -0.25) is 13.9 Å². The Morgan fingerprint density at radius 3 is 2.21 bits per heavy atom. The Labute approximate surface area is 195 Å². The standard InChI is InChI=1S/C24H32FN3O4S/c1-4-22(24(30)26-5-2)27(18-19-10-7-6-8-11-19)23(29)12-9-17-28(33(3,31)32)21-15-13-20(25)14-16-21/h6-8,10-11,13-16,22H,4-5,9,12,17-18H2,1-3H3,(H,26,30). The molecule has 2 amide bonds. The minimum Gasteiger partial charge on any atom is -0.355 e. The van der Waals surface area contributed by atoms with Gasteiger partial charge in [-0.2, -0.15) is 0 Å². The Bertz CT molecular complexity index is 1010. The molecule has 2 rings (SSSR count). The number of likely N-dealkylation sites (N-methyl/N-ethyl adjacent to an activating group) is 1. The molecule has 0 aliphatic rings. The summed E-state index contributed by atoms with van der Waals surface area (Å²) >= 11 is 0. The number of carbonyl (C=O) groups is 2. The second kappa shape index (κ2) is 12.3. The van der Waals surface area contributed by atoms with Crippen LogP contribution in [-0.4, -0.2) is 50.5 Å². The lowest BCUT2D eigenvalue weighted by Crippen LogP contribution is -2.49. The van der Waals surface area contributed by atoms with Gasteiger partial charge >= 0.3 is 0 Å². The number of benzene rings is 2. The van der Waals surface area contributed by atoms with Gasteiger partial charge in [0.25, 0.3) is 0 Å². The molecule has 0 spiro atoms. The molecule has 0 saturated carbocycles. The Hall–Kier alpha value is -2.94. The second-order valence-electron chi connectivity index (χ2n) is 7.74. The first-order chi connectivity index (χ1) is 15.7. The van der Waals surface area contributed by atoms with E-state index >= 15 is 0 Å². The molecule has 180 valence electrons. The van der Waals surface area contributed by atoms with E-state index in [1.807, 2.05) is 44.2 Å². The predicted molar refractivity (Wildman–Crippen MR) is 128 cm³/mol. The average Bonchev–Trinajstić information content (AvgIpc) is 2.77. The van der Waals surface area contributed by atoms with E-state index in [2.05, 4.69) is 5.32 Å². The van der Waals surface area contributed by atoms with E-state index in [-0.39, 0.29) is 37.7 Å². The smallest absolute Gasteiger partial charge is 0.242 e. The molecule has 2 aromatic carbocycles. The van der Waals surface area contributed by atoms with Gasteiger partial charge in [-0.1, -0.05) is 37.3 Å². The molecule has 0 saturated heterocycles. The van der Waals surface area contributed by atoms with Gasteiger partial charge in [0, 0.05) is 26.1 Å². The van der Waals surface area contributed by atoms with Crippen molar-refractivity contribution in [3.63, 3.8) is 0 Å². The molecule has 1 N–H and O–H groups in total. The zero-order valence-electron chi connectivity index (χ0n) is 19.3. The number of halogens is 1. The van der Waals surface area contributed by atoms with Gasteiger partial charge in [0.05, 0.1) is 11.9 Å². The first kappa shape index (κ1) is 26.3. The maximum atomic E-state index is 13.3. The summed E-state index contributed by atoms with van der Waals surface area (Å²) < 4.78 is 38.9. The molecule has 0 aliphatic carbocycles. The van der Waals surface area contributed by atoms with E-state index in [0.29, 0.717) is 18.7 Å². The van der Waals surface area contributed by atoms with Gasteiger partial charge < -0.3 is 10.2 Å². The number of anilines is 1. The summed E-state index contributed by atoms with van der Waals surface area (Å²) in [7, 11) is -3.62. The van der Waals surface area contributed by atoms with Gasteiger partial charge in [-0.25, -0.2) is 12.8 Å². The van der Waals surface area contributed by atoms with Crippen LogP contribution in [0.1, 0.15) is 38.7 Å². The van der Waals surface area contributed by atoms with Gasteiger partial charge in [0.1, 0.15) is 11.9 Å². The summed E-state index contributed by atoms with van der Waals surface area (Å²) in [6.45, 7) is 4.48. The van der Waals surface area contributed by atoms with E-state index in [1.165, 1.54) is 24.3 Å². The van der Waals surface area contributed by atoms with Crippen molar-refractivity contribution in [3.05, 3.63) is 66.0 Å². The largest absolute Gasteiger partial charge is 0.355 e. The van der Waals surface area contributed by atoms with Crippen LogP contribution in [0.2, 0.25) is 0 Å². The number of sulfonamides is 1. The highest BCUT2D eigenvalue weighted by Gasteiger charge is 2.28. The molecule has 33 heavy (non-hydrogen) atoms. The van der Waals surface area contributed by atoms with Crippen LogP contribution in [0.3, 0.4) is 0 Å². The number of hydrogen-bond donors (Lipinski definition) is 1. The first-order valence-corrected chi connectivity index (χ1v) is 12.9. The molecule has 0 radical (unpaired) electrons. The number of amides is 2. The normalized spacial score (nSPS) is 12.1. The zero-order valence-corrected chi connectivity index (χ0v) is 20.1. The number of carbonyl (C=O) groups excluding carboxylic acids is 2. The molecule has 0 heterocycles. The van der Waals surface area contributed by atoms with Gasteiger partial charge in [0.15, 0.2) is 0 Å². The summed E-state index contributed by atoms with van der Waals surface area (Å²) in [4.78, 5) is 27.4.